The zero-order chi connectivity index (χ0) is 24.0. The van der Waals surface area contributed by atoms with E-state index in [1.165, 1.54) is 36.9 Å². The average Bonchev–Trinajstić information content (AvgIpc) is 2.78. The molecule has 10 heteroatoms. The van der Waals surface area contributed by atoms with Gasteiger partial charge in [-0.2, -0.15) is 4.99 Å². The van der Waals surface area contributed by atoms with Crippen molar-refractivity contribution in [2.45, 2.75) is 69.4 Å². The normalized spacial score (nSPS) is 23.4. The highest BCUT2D eigenvalue weighted by Gasteiger charge is 2.46. The van der Waals surface area contributed by atoms with Gasteiger partial charge in [0.2, 0.25) is 11.5 Å². The number of carbonyl (C=O) groups is 1. The highest BCUT2D eigenvalue weighted by atomic mass is 19.3. The Labute approximate surface area is 191 Å². The van der Waals surface area contributed by atoms with Crippen LogP contribution in [-0.2, 0) is 9.53 Å². The number of ether oxygens (including phenoxy) is 1. The van der Waals surface area contributed by atoms with E-state index in [0.29, 0.717) is 5.56 Å². The topological polar surface area (TPSA) is 125 Å². The Morgan fingerprint density at radius 3 is 2.73 bits per heavy atom. The number of hydrogen-bond donors (Lipinski definition) is 3. The number of pyridine rings is 1. The Bertz CT molecular complexity index is 949. The van der Waals surface area contributed by atoms with Crippen LogP contribution in [0.2, 0.25) is 0 Å². The summed E-state index contributed by atoms with van der Waals surface area (Å²) in [7, 11) is 0. The number of amidine groups is 1. The highest BCUT2D eigenvalue weighted by molar-refractivity contribution is 6.04. The molecule has 2 fully saturated rings. The zero-order valence-corrected chi connectivity index (χ0v) is 18.7. The number of piperidine rings is 1. The maximum absolute atomic E-state index is 14.6. The van der Waals surface area contributed by atoms with E-state index in [4.69, 9.17) is 15.9 Å². The van der Waals surface area contributed by atoms with Gasteiger partial charge in [0.05, 0.1) is 12.0 Å². The van der Waals surface area contributed by atoms with E-state index in [1.807, 2.05) is 0 Å². The van der Waals surface area contributed by atoms with Crippen LogP contribution in [0.3, 0.4) is 0 Å². The molecule has 1 aliphatic carbocycles. The third kappa shape index (κ3) is 6.80. The number of nitrogens with zero attached hydrogens (tertiary/aromatic N) is 2. The Kier molecular flexibility index (Phi) is 8.12. The van der Waals surface area contributed by atoms with Crippen LogP contribution in [0.1, 0.15) is 56.9 Å². The molecule has 2 aliphatic rings. The second-order valence-corrected chi connectivity index (χ2v) is 8.67. The maximum atomic E-state index is 14.6. The number of halogens is 2. The number of aromatic nitrogens is 1. The summed E-state index contributed by atoms with van der Waals surface area (Å²) in [5.41, 5.74) is 5.76. The second kappa shape index (κ2) is 10.8. The van der Waals surface area contributed by atoms with Gasteiger partial charge in [-0.05, 0) is 44.2 Å². The second-order valence-electron chi connectivity index (χ2n) is 8.67. The van der Waals surface area contributed by atoms with Crippen LogP contribution in [0, 0.1) is 5.41 Å². The van der Waals surface area contributed by atoms with Crippen molar-refractivity contribution in [3.05, 3.63) is 46.4 Å². The van der Waals surface area contributed by atoms with Crippen molar-refractivity contribution < 1.29 is 18.3 Å². The summed E-state index contributed by atoms with van der Waals surface area (Å²) in [4.78, 5) is 31.8. The van der Waals surface area contributed by atoms with E-state index in [2.05, 4.69) is 9.98 Å². The molecule has 1 aliphatic heterocycles. The molecular formula is C23H31F2N5O3. The fraction of sp³-hybridized carbons (Fsp3) is 0.565. The van der Waals surface area contributed by atoms with Gasteiger partial charge < -0.3 is 15.5 Å². The number of amides is 1. The molecule has 2 heterocycles. The quantitative estimate of drug-likeness (QED) is 0.442. The molecule has 33 heavy (non-hydrogen) atoms. The number of likely N-dealkylation sites (tertiary alicyclic amines) is 1. The fourth-order valence-corrected chi connectivity index (χ4v) is 4.24. The van der Waals surface area contributed by atoms with E-state index < -0.39 is 30.2 Å². The van der Waals surface area contributed by atoms with Crippen LogP contribution in [-0.4, -0.2) is 58.7 Å². The largest absolute Gasteiger partial charge is 0.475 e. The van der Waals surface area contributed by atoms with Crippen molar-refractivity contribution in [1.29, 1.82) is 5.41 Å². The first-order valence-electron chi connectivity index (χ1n) is 11.3. The molecule has 0 aromatic carbocycles. The van der Waals surface area contributed by atoms with Crippen LogP contribution in [0.25, 0.3) is 0 Å². The molecule has 180 valence electrons. The van der Waals surface area contributed by atoms with E-state index in [0.717, 1.165) is 25.7 Å². The number of carbonyl (C=O) groups excluding carboxylic acids is 1. The highest BCUT2D eigenvalue weighted by Crippen LogP contribution is 2.40. The SMILES string of the molecule is CC(C(=O)N=C(N)/C=C\C(=N)OC1CCCCC1)N1CCC(F)(F)[C@@H](c2ccc(=O)[nH]c2)C1. The number of rotatable bonds is 6. The molecule has 1 unspecified atom stereocenters. The van der Waals surface area contributed by atoms with Gasteiger partial charge >= 0.3 is 0 Å². The summed E-state index contributed by atoms with van der Waals surface area (Å²) in [6, 6.07) is 1.85. The fourth-order valence-electron chi connectivity index (χ4n) is 4.24. The molecule has 1 saturated heterocycles. The summed E-state index contributed by atoms with van der Waals surface area (Å²) in [6.45, 7) is 1.58. The van der Waals surface area contributed by atoms with Crippen molar-refractivity contribution in [1.82, 2.24) is 9.88 Å². The van der Waals surface area contributed by atoms with Gasteiger partial charge in [0.25, 0.3) is 11.8 Å². The summed E-state index contributed by atoms with van der Waals surface area (Å²) < 4.78 is 34.7. The Hall–Kier alpha value is -2.88. The number of H-pyrrole nitrogens is 1. The van der Waals surface area contributed by atoms with E-state index in [9.17, 15) is 18.4 Å². The smallest absolute Gasteiger partial charge is 0.264 e. The van der Waals surface area contributed by atoms with Gasteiger partial charge in [0, 0.05) is 37.8 Å². The molecule has 1 aromatic rings. The number of nitrogens with two attached hydrogens (primary N) is 1. The van der Waals surface area contributed by atoms with E-state index in [-0.39, 0.29) is 36.5 Å². The monoisotopic (exact) mass is 463 g/mol. The van der Waals surface area contributed by atoms with Crippen molar-refractivity contribution in [2.24, 2.45) is 10.7 Å². The number of nitrogens with one attached hydrogen (secondary N) is 2. The molecular weight excluding hydrogens is 432 g/mol. The van der Waals surface area contributed by atoms with Crippen LogP contribution in [0.4, 0.5) is 8.78 Å². The molecule has 2 atom stereocenters. The third-order valence-corrected chi connectivity index (χ3v) is 6.27. The van der Waals surface area contributed by atoms with Crippen molar-refractivity contribution in [3.63, 3.8) is 0 Å². The molecule has 1 saturated carbocycles. The predicted octanol–water partition coefficient (Wildman–Crippen LogP) is 2.95. The zero-order valence-electron chi connectivity index (χ0n) is 18.7. The molecule has 0 radical (unpaired) electrons. The molecule has 0 spiro atoms. The predicted molar refractivity (Wildman–Crippen MR) is 122 cm³/mol. The van der Waals surface area contributed by atoms with Crippen LogP contribution in [0.5, 0.6) is 0 Å². The van der Waals surface area contributed by atoms with Crippen LogP contribution in [0.15, 0.2) is 40.3 Å². The Morgan fingerprint density at radius 2 is 2.06 bits per heavy atom. The third-order valence-electron chi connectivity index (χ3n) is 6.27. The molecule has 3 rings (SSSR count). The summed E-state index contributed by atoms with van der Waals surface area (Å²) >= 11 is 0. The van der Waals surface area contributed by atoms with Gasteiger partial charge in [0.1, 0.15) is 11.9 Å². The van der Waals surface area contributed by atoms with E-state index in [1.54, 1.807) is 11.8 Å². The first kappa shape index (κ1) is 24.8. The van der Waals surface area contributed by atoms with Gasteiger partial charge in [-0.25, -0.2) is 8.78 Å². The molecule has 0 bridgehead atoms. The Balaban J connectivity index is 1.59. The minimum absolute atomic E-state index is 0.0309. The number of alkyl halides is 2. The minimum Gasteiger partial charge on any atom is -0.475 e. The number of hydrogen-bond acceptors (Lipinski definition) is 5. The lowest BCUT2D eigenvalue weighted by atomic mass is 9.87. The van der Waals surface area contributed by atoms with Crippen molar-refractivity contribution >= 4 is 17.6 Å². The lowest BCUT2D eigenvalue weighted by Gasteiger charge is -2.40. The number of aliphatic imine (C=N–C) groups is 1. The average molecular weight is 464 g/mol. The lowest BCUT2D eigenvalue weighted by molar-refractivity contribution is -0.127. The minimum atomic E-state index is -2.96. The summed E-state index contributed by atoms with van der Waals surface area (Å²) in [5.74, 6) is -4.79. The molecule has 1 amide bonds. The summed E-state index contributed by atoms with van der Waals surface area (Å²) in [6.07, 6.45) is 8.81. The van der Waals surface area contributed by atoms with Gasteiger partial charge in [-0.3, -0.25) is 19.9 Å². The van der Waals surface area contributed by atoms with Gasteiger partial charge in [-0.15, -0.1) is 0 Å². The van der Waals surface area contributed by atoms with Crippen molar-refractivity contribution in [2.75, 3.05) is 13.1 Å². The van der Waals surface area contributed by atoms with Crippen molar-refractivity contribution in [3.8, 4) is 0 Å². The molecule has 4 N–H and O–H groups in total. The maximum Gasteiger partial charge on any atom is 0.264 e. The van der Waals surface area contributed by atoms with Crippen LogP contribution < -0.4 is 11.3 Å². The van der Waals surface area contributed by atoms with Crippen LogP contribution >= 0.6 is 0 Å². The molecule has 1 aromatic heterocycles. The summed E-state index contributed by atoms with van der Waals surface area (Å²) in [5, 5.41) is 7.89. The van der Waals surface area contributed by atoms with Gasteiger partial charge in [0.15, 0.2) is 0 Å². The van der Waals surface area contributed by atoms with E-state index >= 15 is 0 Å². The first-order valence-corrected chi connectivity index (χ1v) is 11.3. The number of aromatic amines is 1. The molecule has 8 nitrogen and oxygen atoms in total. The van der Waals surface area contributed by atoms with Gasteiger partial charge in [-0.1, -0.05) is 12.5 Å². The standard InChI is InChI=1S/C23H31F2N5O3/c1-15(22(32)29-19(26)8-9-20(27)33-17-5-3-2-4-6-17)30-12-11-23(24,25)18(14-30)16-7-10-21(31)28-13-16/h7-10,13,15,17-18,27H,2-6,11-12,14H2,1H3,(H,28,31)(H2,26,29,32)/b9-8-,27-20?/t15?,18-/m1/s1. The lowest BCUT2D eigenvalue weighted by Crippen LogP contribution is -2.51. The first-order chi connectivity index (χ1) is 15.7. The Morgan fingerprint density at radius 1 is 1.33 bits per heavy atom.